The van der Waals surface area contributed by atoms with E-state index in [0.29, 0.717) is 22.4 Å². The first kappa shape index (κ1) is 23.4. The van der Waals surface area contributed by atoms with Gasteiger partial charge in [0.05, 0.1) is 17.3 Å². The number of hydrogen-bond donors (Lipinski definition) is 2. The number of amides is 1. The number of halogens is 2. The molecule has 1 aromatic carbocycles. The number of anilines is 1. The van der Waals surface area contributed by atoms with Crippen molar-refractivity contribution < 1.29 is 13.6 Å². The molecule has 4 heterocycles. The summed E-state index contributed by atoms with van der Waals surface area (Å²) in [6.45, 7) is 8.20. The van der Waals surface area contributed by atoms with Crippen molar-refractivity contribution >= 4 is 11.6 Å². The smallest absolute Gasteiger partial charge is 0.255 e. The molecule has 1 unspecified atom stereocenters. The molecule has 182 valence electrons. The van der Waals surface area contributed by atoms with Crippen molar-refractivity contribution in [2.75, 3.05) is 24.5 Å². The van der Waals surface area contributed by atoms with E-state index in [4.69, 9.17) is 0 Å². The third-order valence-corrected chi connectivity index (χ3v) is 7.06. The number of pyridine rings is 2. The zero-order chi connectivity index (χ0) is 24.7. The highest BCUT2D eigenvalue weighted by atomic mass is 19.1. The minimum absolute atomic E-state index is 0.0286. The van der Waals surface area contributed by atoms with Crippen LogP contribution in [0.25, 0.3) is 11.1 Å². The second kappa shape index (κ2) is 9.00. The quantitative estimate of drug-likeness (QED) is 0.568. The summed E-state index contributed by atoms with van der Waals surface area (Å²) in [4.78, 5) is 24.4. The Bertz CT molecular complexity index is 1250. The molecule has 0 aliphatic carbocycles. The van der Waals surface area contributed by atoms with Crippen molar-refractivity contribution in [3.8, 4) is 11.1 Å². The summed E-state index contributed by atoms with van der Waals surface area (Å²) < 4.78 is 28.2. The fourth-order valence-corrected chi connectivity index (χ4v) is 5.25. The molecule has 35 heavy (non-hydrogen) atoms. The number of hydrogen-bond acceptors (Lipinski definition) is 5. The van der Waals surface area contributed by atoms with Crippen LogP contribution in [0.1, 0.15) is 53.1 Å². The van der Waals surface area contributed by atoms with Gasteiger partial charge >= 0.3 is 0 Å². The fourth-order valence-electron chi connectivity index (χ4n) is 5.25. The molecule has 2 saturated heterocycles. The predicted octanol–water partition coefficient (Wildman–Crippen LogP) is 4.47. The largest absolute Gasteiger partial charge is 0.368 e. The SMILES string of the molecule is Cc1cc([C@@H](C)NC(=O)c2cncc(-c3cc(F)cc(F)c3)c2N2CCC3(CCN3)C2)cc(C)n1. The van der Waals surface area contributed by atoms with Crippen LogP contribution in [0.4, 0.5) is 14.5 Å². The first-order valence-corrected chi connectivity index (χ1v) is 11.9. The summed E-state index contributed by atoms with van der Waals surface area (Å²) in [7, 11) is 0. The Balaban J connectivity index is 1.54. The monoisotopic (exact) mass is 477 g/mol. The zero-order valence-corrected chi connectivity index (χ0v) is 20.2. The van der Waals surface area contributed by atoms with Crippen LogP contribution < -0.4 is 15.5 Å². The summed E-state index contributed by atoms with van der Waals surface area (Å²) in [5.41, 5.74) is 4.69. The van der Waals surface area contributed by atoms with Crippen LogP contribution in [0.2, 0.25) is 0 Å². The summed E-state index contributed by atoms with van der Waals surface area (Å²) >= 11 is 0. The predicted molar refractivity (Wildman–Crippen MR) is 131 cm³/mol. The normalized spacial score (nSPS) is 20.1. The molecule has 2 aromatic heterocycles. The topological polar surface area (TPSA) is 70.2 Å². The maximum atomic E-state index is 14.1. The summed E-state index contributed by atoms with van der Waals surface area (Å²) in [6.07, 6.45) is 5.13. The molecule has 0 bridgehead atoms. The number of nitrogens with zero attached hydrogens (tertiary/aromatic N) is 3. The number of benzene rings is 1. The molecule has 2 atom stereocenters. The molecule has 5 rings (SSSR count). The van der Waals surface area contributed by atoms with E-state index >= 15 is 0 Å². The van der Waals surface area contributed by atoms with Gasteiger partial charge in [0.15, 0.2) is 0 Å². The van der Waals surface area contributed by atoms with E-state index in [-0.39, 0.29) is 17.5 Å². The van der Waals surface area contributed by atoms with Crippen LogP contribution in [-0.2, 0) is 0 Å². The molecule has 2 N–H and O–H groups in total. The van der Waals surface area contributed by atoms with Gasteiger partial charge in [0.1, 0.15) is 11.6 Å². The third kappa shape index (κ3) is 4.62. The standard InChI is InChI=1S/C27H29F2N5O/c1-16-8-19(9-17(2)32-16)18(3)33-26(35)24-14-30-13-23(20-10-21(28)12-22(29)11-20)25(24)34-7-5-27(15-34)4-6-31-27/h8-14,18,31H,4-7,15H2,1-3H3,(H,33,35)/t18-,27?/m1/s1. The van der Waals surface area contributed by atoms with Crippen molar-refractivity contribution in [3.63, 3.8) is 0 Å². The van der Waals surface area contributed by atoms with Gasteiger partial charge < -0.3 is 15.5 Å². The van der Waals surface area contributed by atoms with E-state index in [9.17, 15) is 13.6 Å². The highest BCUT2D eigenvalue weighted by molar-refractivity contribution is 6.03. The molecule has 0 saturated carbocycles. The van der Waals surface area contributed by atoms with Crippen LogP contribution in [-0.4, -0.2) is 41.0 Å². The van der Waals surface area contributed by atoms with Gasteiger partial charge in [0, 0.05) is 54.0 Å². The maximum Gasteiger partial charge on any atom is 0.255 e. The van der Waals surface area contributed by atoms with Gasteiger partial charge in [-0.15, -0.1) is 0 Å². The van der Waals surface area contributed by atoms with Gasteiger partial charge in [-0.25, -0.2) is 8.78 Å². The number of nitrogens with one attached hydrogen (secondary N) is 2. The van der Waals surface area contributed by atoms with Gasteiger partial charge in [-0.1, -0.05) is 0 Å². The molecule has 2 aliphatic rings. The first-order valence-electron chi connectivity index (χ1n) is 11.9. The van der Waals surface area contributed by atoms with E-state index < -0.39 is 11.6 Å². The van der Waals surface area contributed by atoms with Crippen molar-refractivity contribution in [3.05, 3.63) is 76.9 Å². The molecular formula is C27H29F2N5O. The molecule has 0 radical (unpaired) electrons. The van der Waals surface area contributed by atoms with E-state index in [1.54, 1.807) is 12.4 Å². The number of aryl methyl sites for hydroxylation is 2. The van der Waals surface area contributed by atoms with Crippen LogP contribution in [0, 0.1) is 25.5 Å². The number of aromatic nitrogens is 2. The molecular weight excluding hydrogens is 448 g/mol. The molecule has 1 amide bonds. The second-order valence-electron chi connectivity index (χ2n) is 9.75. The second-order valence-corrected chi connectivity index (χ2v) is 9.75. The van der Waals surface area contributed by atoms with Crippen molar-refractivity contribution in [1.82, 2.24) is 20.6 Å². The number of rotatable bonds is 5. The first-order chi connectivity index (χ1) is 16.7. The lowest BCUT2D eigenvalue weighted by atomic mass is 9.87. The Morgan fingerprint density at radius 3 is 2.37 bits per heavy atom. The Labute approximate surface area is 203 Å². The minimum atomic E-state index is -0.670. The molecule has 6 nitrogen and oxygen atoms in total. The average Bonchev–Trinajstić information content (AvgIpc) is 3.23. The Hall–Kier alpha value is -3.39. The van der Waals surface area contributed by atoms with Gasteiger partial charge in [-0.2, -0.15) is 0 Å². The number of carbonyl (C=O) groups excluding carboxylic acids is 1. The van der Waals surface area contributed by atoms with Gasteiger partial charge in [-0.3, -0.25) is 14.8 Å². The molecule has 8 heteroatoms. The van der Waals surface area contributed by atoms with Gasteiger partial charge in [0.2, 0.25) is 0 Å². The third-order valence-electron chi connectivity index (χ3n) is 7.06. The molecule has 2 aliphatic heterocycles. The zero-order valence-electron chi connectivity index (χ0n) is 20.2. The Kier molecular flexibility index (Phi) is 6.01. The van der Waals surface area contributed by atoms with Crippen LogP contribution in [0.5, 0.6) is 0 Å². The van der Waals surface area contributed by atoms with E-state index in [1.807, 2.05) is 32.9 Å². The average molecular weight is 478 g/mol. The highest BCUT2D eigenvalue weighted by Gasteiger charge is 2.43. The summed E-state index contributed by atoms with van der Waals surface area (Å²) in [6, 6.07) is 7.05. The number of carbonyl (C=O) groups is 1. The van der Waals surface area contributed by atoms with Crippen LogP contribution in [0.15, 0.2) is 42.7 Å². The lowest BCUT2D eigenvalue weighted by Gasteiger charge is -2.40. The lowest BCUT2D eigenvalue weighted by molar-refractivity contribution is 0.0940. The van der Waals surface area contributed by atoms with Crippen LogP contribution in [0.3, 0.4) is 0 Å². The Morgan fingerprint density at radius 1 is 1.09 bits per heavy atom. The van der Waals surface area contributed by atoms with Gasteiger partial charge in [0.25, 0.3) is 5.91 Å². The van der Waals surface area contributed by atoms with Crippen molar-refractivity contribution in [1.29, 1.82) is 0 Å². The van der Waals surface area contributed by atoms with Crippen molar-refractivity contribution in [2.45, 2.75) is 45.2 Å². The summed E-state index contributed by atoms with van der Waals surface area (Å²) in [5.74, 6) is -1.62. The minimum Gasteiger partial charge on any atom is -0.368 e. The molecule has 1 spiro atoms. The lowest BCUT2D eigenvalue weighted by Crippen LogP contribution is -2.58. The molecule has 2 fully saturated rings. The fraction of sp³-hybridized carbons (Fsp3) is 0.370. The summed E-state index contributed by atoms with van der Waals surface area (Å²) in [5, 5.41) is 6.61. The van der Waals surface area contributed by atoms with Gasteiger partial charge in [-0.05, 0) is 75.5 Å². The highest BCUT2D eigenvalue weighted by Crippen LogP contribution is 2.40. The van der Waals surface area contributed by atoms with Crippen LogP contribution >= 0.6 is 0 Å². The maximum absolute atomic E-state index is 14.1. The van der Waals surface area contributed by atoms with E-state index in [0.717, 1.165) is 55.5 Å². The Morgan fingerprint density at radius 2 is 1.77 bits per heavy atom. The van der Waals surface area contributed by atoms with E-state index in [1.165, 1.54) is 12.1 Å². The van der Waals surface area contributed by atoms with E-state index in [2.05, 4.69) is 25.5 Å². The molecule has 3 aromatic rings. The van der Waals surface area contributed by atoms with Crippen molar-refractivity contribution in [2.24, 2.45) is 0 Å².